The van der Waals surface area contributed by atoms with Crippen LogP contribution in [0.4, 0.5) is 5.82 Å². The minimum Gasteiger partial charge on any atom is -0.360 e. The van der Waals surface area contributed by atoms with E-state index in [1.807, 2.05) is 20.8 Å². The van der Waals surface area contributed by atoms with Gasteiger partial charge in [0.2, 0.25) is 5.91 Å². The van der Waals surface area contributed by atoms with Crippen LogP contribution in [0.25, 0.3) is 11.0 Å². The summed E-state index contributed by atoms with van der Waals surface area (Å²) in [6.45, 7) is 7.79. The molecule has 0 bridgehead atoms. The standard InChI is InChI=1S/C17H20N6O3S/c1-9-5-12(21-26-9)19-13(24)6-10-8-27-16-20-14-11(15(25)22(10)16)7-18-23(14)17(2,3)4/h5,7,10H,6,8H2,1-4H3,(H,19,21,24). The van der Waals surface area contributed by atoms with Crippen LogP contribution in [0.3, 0.4) is 0 Å². The molecule has 9 nitrogen and oxygen atoms in total. The highest BCUT2D eigenvalue weighted by Crippen LogP contribution is 2.33. The highest BCUT2D eigenvalue weighted by Gasteiger charge is 2.30. The molecule has 27 heavy (non-hydrogen) atoms. The number of thioether (sulfide) groups is 1. The van der Waals surface area contributed by atoms with E-state index in [9.17, 15) is 9.59 Å². The van der Waals surface area contributed by atoms with Crippen molar-refractivity contribution in [2.45, 2.75) is 50.9 Å². The zero-order valence-electron chi connectivity index (χ0n) is 15.5. The molecule has 1 unspecified atom stereocenters. The summed E-state index contributed by atoms with van der Waals surface area (Å²) in [6, 6.07) is 1.38. The molecule has 1 N–H and O–H groups in total. The number of nitrogens with one attached hydrogen (secondary N) is 1. The Bertz CT molecular complexity index is 1090. The molecular weight excluding hydrogens is 368 g/mol. The van der Waals surface area contributed by atoms with E-state index < -0.39 is 0 Å². The Hall–Kier alpha value is -2.62. The van der Waals surface area contributed by atoms with E-state index >= 15 is 0 Å². The molecular formula is C17H20N6O3S. The van der Waals surface area contributed by atoms with Gasteiger partial charge in [-0.25, -0.2) is 9.67 Å². The molecule has 0 aromatic carbocycles. The van der Waals surface area contributed by atoms with Gasteiger partial charge in [-0.2, -0.15) is 5.10 Å². The van der Waals surface area contributed by atoms with Gasteiger partial charge in [-0.1, -0.05) is 16.9 Å². The number of aromatic nitrogens is 5. The van der Waals surface area contributed by atoms with Crippen LogP contribution in [0.2, 0.25) is 0 Å². The number of amides is 1. The van der Waals surface area contributed by atoms with E-state index in [0.29, 0.717) is 33.5 Å². The van der Waals surface area contributed by atoms with Crippen molar-refractivity contribution in [1.82, 2.24) is 24.5 Å². The number of anilines is 1. The van der Waals surface area contributed by atoms with Gasteiger partial charge in [-0.3, -0.25) is 14.2 Å². The van der Waals surface area contributed by atoms with Crippen LogP contribution in [0.5, 0.6) is 0 Å². The molecule has 3 aromatic heterocycles. The number of rotatable bonds is 3. The minimum atomic E-state index is -0.279. The summed E-state index contributed by atoms with van der Waals surface area (Å²) in [7, 11) is 0. The zero-order chi connectivity index (χ0) is 19.3. The molecule has 4 rings (SSSR count). The Morgan fingerprint density at radius 1 is 1.44 bits per heavy atom. The molecule has 1 aliphatic heterocycles. The van der Waals surface area contributed by atoms with Crippen molar-refractivity contribution in [3.8, 4) is 0 Å². The molecule has 0 spiro atoms. The quantitative estimate of drug-likeness (QED) is 0.686. The minimum absolute atomic E-state index is 0.159. The highest BCUT2D eigenvalue weighted by molar-refractivity contribution is 7.99. The fraction of sp³-hybridized carbons (Fsp3) is 0.471. The second-order valence-corrected chi connectivity index (χ2v) is 8.56. The first-order chi connectivity index (χ1) is 12.7. The van der Waals surface area contributed by atoms with Gasteiger partial charge in [0.1, 0.15) is 11.1 Å². The molecule has 142 valence electrons. The van der Waals surface area contributed by atoms with Crippen molar-refractivity contribution < 1.29 is 9.32 Å². The molecule has 4 heterocycles. The monoisotopic (exact) mass is 388 g/mol. The Kier molecular flexibility index (Phi) is 4.10. The van der Waals surface area contributed by atoms with E-state index in [1.165, 1.54) is 11.8 Å². The van der Waals surface area contributed by atoms with Crippen LogP contribution < -0.4 is 10.9 Å². The smallest absolute Gasteiger partial charge is 0.265 e. The lowest BCUT2D eigenvalue weighted by Gasteiger charge is -2.20. The average Bonchev–Trinajstić information content (AvgIpc) is 3.26. The van der Waals surface area contributed by atoms with Crippen molar-refractivity contribution in [2.24, 2.45) is 0 Å². The molecule has 0 fully saturated rings. The van der Waals surface area contributed by atoms with Gasteiger partial charge in [-0.05, 0) is 27.7 Å². The lowest BCUT2D eigenvalue weighted by atomic mass is 10.1. The van der Waals surface area contributed by atoms with E-state index in [-0.39, 0.29) is 29.5 Å². The van der Waals surface area contributed by atoms with Crippen LogP contribution in [0, 0.1) is 6.92 Å². The number of aryl methyl sites for hydroxylation is 1. The van der Waals surface area contributed by atoms with E-state index in [1.54, 1.807) is 28.4 Å². The number of hydrogen-bond donors (Lipinski definition) is 1. The molecule has 1 atom stereocenters. The number of hydrogen-bond acceptors (Lipinski definition) is 7. The first-order valence-corrected chi connectivity index (χ1v) is 9.59. The Morgan fingerprint density at radius 2 is 2.22 bits per heavy atom. The van der Waals surface area contributed by atoms with Crippen LogP contribution in [0.1, 0.15) is 39.0 Å². The summed E-state index contributed by atoms with van der Waals surface area (Å²) in [4.78, 5) is 30.0. The topological polar surface area (TPSA) is 108 Å². The highest BCUT2D eigenvalue weighted by atomic mass is 32.2. The summed E-state index contributed by atoms with van der Waals surface area (Å²) in [5.74, 6) is 1.38. The van der Waals surface area contributed by atoms with Gasteiger partial charge in [-0.15, -0.1) is 0 Å². The zero-order valence-corrected chi connectivity index (χ0v) is 16.3. The van der Waals surface area contributed by atoms with E-state index in [0.717, 1.165) is 0 Å². The first-order valence-electron chi connectivity index (χ1n) is 8.61. The summed E-state index contributed by atoms with van der Waals surface area (Å²) in [6.07, 6.45) is 1.72. The van der Waals surface area contributed by atoms with Gasteiger partial charge in [0.25, 0.3) is 5.56 Å². The third kappa shape index (κ3) is 3.14. The third-order valence-corrected chi connectivity index (χ3v) is 5.42. The fourth-order valence-corrected chi connectivity index (χ4v) is 4.24. The van der Waals surface area contributed by atoms with Gasteiger partial charge in [0.15, 0.2) is 16.6 Å². The summed E-state index contributed by atoms with van der Waals surface area (Å²) >= 11 is 1.48. The Labute approximate surface area is 159 Å². The maximum atomic E-state index is 13.0. The predicted octanol–water partition coefficient (Wildman–Crippen LogP) is 2.32. The number of carbonyl (C=O) groups excluding carboxylic acids is 1. The molecule has 0 aliphatic carbocycles. The van der Waals surface area contributed by atoms with Gasteiger partial charge >= 0.3 is 0 Å². The van der Waals surface area contributed by atoms with Crippen molar-refractivity contribution in [3.63, 3.8) is 0 Å². The summed E-state index contributed by atoms with van der Waals surface area (Å²) in [5, 5.41) is 11.9. The third-order valence-electron chi connectivity index (χ3n) is 4.32. The second-order valence-electron chi connectivity index (χ2n) is 7.57. The largest absolute Gasteiger partial charge is 0.360 e. The average molecular weight is 388 g/mol. The van der Waals surface area contributed by atoms with Crippen LogP contribution in [-0.4, -0.2) is 36.1 Å². The van der Waals surface area contributed by atoms with Crippen molar-refractivity contribution in [2.75, 3.05) is 11.1 Å². The van der Waals surface area contributed by atoms with E-state index in [4.69, 9.17) is 4.52 Å². The van der Waals surface area contributed by atoms with Crippen LogP contribution in [-0.2, 0) is 10.3 Å². The van der Waals surface area contributed by atoms with Gasteiger partial charge in [0.05, 0.1) is 17.8 Å². The van der Waals surface area contributed by atoms with Crippen molar-refractivity contribution in [1.29, 1.82) is 0 Å². The van der Waals surface area contributed by atoms with Crippen LogP contribution in [0.15, 0.2) is 26.7 Å². The number of nitrogens with zero attached hydrogens (tertiary/aromatic N) is 5. The maximum absolute atomic E-state index is 13.0. The molecule has 0 saturated heterocycles. The normalized spacial score (nSPS) is 16.7. The van der Waals surface area contributed by atoms with Gasteiger partial charge < -0.3 is 9.84 Å². The summed E-state index contributed by atoms with van der Waals surface area (Å²) in [5.41, 5.74) is 0.137. The van der Waals surface area contributed by atoms with Crippen LogP contribution >= 0.6 is 11.8 Å². The molecule has 0 radical (unpaired) electrons. The summed E-state index contributed by atoms with van der Waals surface area (Å²) < 4.78 is 8.31. The van der Waals surface area contributed by atoms with E-state index in [2.05, 4.69) is 20.6 Å². The SMILES string of the molecule is Cc1cc(NC(=O)CC2CSc3nc4c(cnn4C(C)(C)C)c(=O)n32)no1. The van der Waals surface area contributed by atoms with Crippen molar-refractivity contribution >= 4 is 34.5 Å². The Balaban J connectivity index is 1.64. The first kappa shape index (κ1) is 17.8. The molecule has 0 saturated carbocycles. The molecule has 10 heteroatoms. The molecule has 3 aromatic rings. The Morgan fingerprint density at radius 3 is 2.89 bits per heavy atom. The predicted molar refractivity (Wildman–Crippen MR) is 101 cm³/mol. The molecule has 1 aliphatic rings. The fourth-order valence-electron chi connectivity index (χ4n) is 3.10. The molecule has 1 amide bonds. The maximum Gasteiger partial charge on any atom is 0.265 e. The lowest BCUT2D eigenvalue weighted by molar-refractivity contribution is -0.116. The lowest BCUT2D eigenvalue weighted by Crippen LogP contribution is -2.29. The number of fused-ring (bicyclic) bond motifs is 2. The second kappa shape index (κ2) is 6.22. The number of carbonyl (C=O) groups is 1. The van der Waals surface area contributed by atoms with Gasteiger partial charge in [0, 0.05) is 18.2 Å². The van der Waals surface area contributed by atoms with Crippen molar-refractivity contribution in [3.05, 3.63) is 28.4 Å².